The zero-order chi connectivity index (χ0) is 22.1. The Hall–Kier alpha value is -3.75. The second-order valence-electron chi connectivity index (χ2n) is 6.55. The van der Waals surface area contributed by atoms with Crippen molar-refractivity contribution in [2.45, 2.75) is 13.5 Å². The first-order valence-electron chi connectivity index (χ1n) is 9.71. The highest BCUT2D eigenvalue weighted by molar-refractivity contribution is 6.30. The van der Waals surface area contributed by atoms with Crippen LogP contribution in [0.2, 0.25) is 5.02 Å². The largest absolute Gasteiger partial charge is 0.490 e. The molecule has 0 aliphatic heterocycles. The molecule has 0 saturated heterocycles. The van der Waals surface area contributed by atoms with Crippen LogP contribution in [0.4, 0.5) is 5.69 Å². The van der Waals surface area contributed by atoms with Crippen molar-refractivity contribution in [3.63, 3.8) is 0 Å². The van der Waals surface area contributed by atoms with Crippen LogP contribution in [0.1, 0.15) is 18.1 Å². The van der Waals surface area contributed by atoms with Gasteiger partial charge >= 0.3 is 0 Å². The van der Waals surface area contributed by atoms with Crippen LogP contribution in [0.5, 0.6) is 11.5 Å². The van der Waals surface area contributed by atoms with Crippen molar-refractivity contribution >= 4 is 29.3 Å². The van der Waals surface area contributed by atoms with Crippen LogP contribution in [0.3, 0.4) is 0 Å². The molecule has 0 heterocycles. The molecule has 156 valence electrons. The number of para-hydroxylation sites is 1. The van der Waals surface area contributed by atoms with E-state index in [0.717, 1.165) is 5.56 Å². The Morgan fingerprint density at radius 3 is 2.55 bits per heavy atom. The Bertz CT molecular complexity index is 1120. The summed E-state index contributed by atoms with van der Waals surface area (Å²) in [6.45, 7) is 2.65. The molecule has 0 fully saturated rings. The number of carbonyl (C=O) groups excluding carboxylic acids is 1. The van der Waals surface area contributed by atoms with Gasteiger partial charge in [0.2, 0.25) is 0 Å². The van der Waals surface area contributed by atoms with Gasteiger partial charge in [-0.3, -0.25) is 4.79 Å². The minimum atomic E-state index is -0.479. The lowest BCUT2D eigenvalue weighted by Crippen LogP contribution is -2.13. The summed E-state index contributed by atoms with van der Waals surface area (Å²) in [6.07, 6.45) is 1.52. The minimum absolute atomic E-state index is 0.0149. The number of nitrogens with zero attached hydrogens (tertiary/aromatic N) is 1. The molecular weight excluding hydrogens is 412 g/mol. The number of ether oxygens (including phenoxy) is 2. The molecule has 31 heavy (non-hydrogen) atoms. The van der Waals surface area contributed by atoms with Crippen molar-refractivity contribution in [1.82, 2.24) is 0 Å². The maximum atomic E-state index is 12.4. The van der Waals surface area contributed by atoms with Gasteiger partial charge < -0.3 is 14.8 Å². The molecule has 0 aromatic heterocycles. The molecule has 0 spiro atoms. The lowest BCUT2D eigenvalue weighted by atomic mass is 10.1. The number of nitriles is 1. The lowest BCUT2D eigenvalue weighted by molar-refractivity contribution is -0.112. The van der Waals surface area contributed by atoms with E-state index >= 15 is 0 Å². The second kappa shape index (κ2) is 10.9. The van der Waals surface area contributed by atoms with E-state index in [9.17, 15) is 10.1 Å². The van der Waals surface area contributed by atoms with Gasteiger partial charge in [0.05, 0.1) is 6.61 Å². The van der Waals surface area contributed by atoms with E-state index in [4.69, 9.17) is 21.1 Å². The molecule has 0 aliphatic rings. The van der Waals surface area contributed by atoms with Gasteiger partial charge in [-0.05, 0) is 60.5 Å². The fourth-order valence-electron chi connectivity index (χ4n) is 2.82. The highest BCUT2D eigenvalue weighted by Gasteiger charge is 2.12. The zero-order valence-corrected chi connectivity index (χ0v) is 17.7. The molecule has 0 atom stereocenters. The number of hydrogen-bond donors (Lipinski definition) is 1. The topological polar surface area (TPSA) is 71.3 Å². The Morgan fingerprint density at radius 2 is 1.84 bits per heavy atom. The Labute approximate surface area is 186 Å². The molecular formula is C25H21ClN2O3. The van der Waals surface area contributed by atoms with Gasteiger partial charge in [-0.15, -0.1) is 0 Å². The van der Waals surface area contributed by atoms with Crippen LogP contribution in [0, 0.1) is 11.3 Å². The number of halogens is 1. The van der Waals surface area contributed by atoms with Crippen LogP contribution in [0.25, 0.3) is 6.08 Å². The van der Waals surface area contributed by atoms with Gasteiger partial charge in [0.1, 0.15) is 18.2 Å². The van der Waals surface area contributed by atoms with Crippen LogP contribution < -0.4 is 14.8 Å². The van der Waals surface area contributed by atoms with Gasteiger partial charge in [0.15, 0.2) is 11.5 Å². The van der Waals surface area contributed by atoms with Crippen LogP contribution in [-0.2, 0) is 11.4 Å². The summed E-state index contributed by atoms with van der Waals surface area (Å²) >= 11 is 6.02. The third kappa shape index (κ3) is 6.36. The quantitative estimate of drug-likeness (QED) is 0.357. The van der Waals surface area contributed by atoms with E-state index in [1.165, 1.54) is 6.08 Å². The smallest absolute Gasteiger partial charge is 0.266 e. The summed E-state index contributed by atoms with van der Waals surface area (Å²) in [4.78, 5) is 12.4. The van der Waals surface area contributed by atoms with Crippen molar-refractivity contribution < 1.29 is 14.3 Å². The standard InChI is InChI=1S/C25H21ClN2O3/c1-2-30-24-15-18(11-12-23(24)31-17-19-7-6-8-21(26)14-19)13-20(16-27)25(29)28-22-9-4-3-5-10-22/h3-15H,2,17H2,1H3,(H,28,29)/b20-13+. The SMILES string of the molecule is CCOc1cc(/C=C(\C#N)C(=O)Nc2ccccc2)ccc1OCc1cccc(Cl)c1. The number of amides is 1. The minimum Gasteiger partial charge on any atom is -0.490 e. The summed E-state index contributed by atoms with van der Waals surface area (Å²) in [6, 6.07) is 23.6. The zero-order valence-electron chi connectivity index (χ0n) is 17.0. The Kier molecular flexibility index (Phi) is 7.69. The fraction of sp³-hybridized carbons (Fsp3) is 0.120. The normalized spacial score (nSPS) is 10.8. The summed E-state index contributed by atoms with van der Waals surface area (Å²) in [5, 5.41) is 12.8. The van der Waals surface area contributed by atoms with Crippen LogP contribution in [0.15, 0.2) is 78.4 Å². The van der Waals surface area contributed by atoms with E-state index in [-0.39, 0.29) is 5.57 Å². The molecule has 5 nitrogen and oxygen atoms in total. The molecule has 1 N–H and O–H groups in total. The van der Waals surface area contributed by atoms with Crippen molar-refractivity contribution in [3.05, 3.63) is 94.5 Å². The van der Waals surface area contributed by atoms with E-state index in [1.807, 2.05) is 49.4 Å². The number of hydrogen-bond acceptors (Lipinski definition) is 4. The molecule has 0 saturated carbocycles. The van der Waals surface area contributed by atoms with Gasteiger partial charge in [0.25, 0.3) is 5.91 Å². The summed E-state index contributed by atoms with van der Waals surface area (Å²) < 4.78 is 11.6. The Balaban J connectivity index is 1.78. The third-order valence-electron chi connectivity index (χ3n) is 4.26. The molecule has 0 radical (unpaired) electrons. The van der Waals surface area contributed by atoms with Gasteiger partial charge in [0, 0.05) is 10.7 Å². The lowest BCUT2D eigenvalue weighted by Gasteiger charge is -2.13. The van der Waals surface area contributed by atoms with Crippen LogP contribution >= 0.6 is 11.6 Å². The van der Waals surface area contributed by atoms with Crippen LogP contribution in [-0.4, -0.2) is 12.5 Å². The number of nitrogens with one attached hydrogen (secondary N) is 1. The van der Waals surface area contributed by atoms with Gasteiger partial charge in [-0.2, -0.15) is 5.26 Å². The fourth-order valence-corrected chi connectivity index (χ4v) is 3.04. The van der Waals surface area contributed by atoms with Crippen molar-refractivity contribution in [3.8, 4) is 17.6 Å². The molecule has 3 aromatic carbocycles. The summed E-state index contributed by atoms with van der Waals surface area (Å²) in [5.41, 5.74) is 2.19. The number of benzene rings is 3. The van der Waals surface area contributed by atoms with E-state index in [0.29, 0.717) is 41.0 Å². The number of anilines is 1. The molecule has 1 amide bonds. The third-order valence-corrected chi connectivity index (χ3v) is 4.49. The first-order valence-corrected chi connectivity index (χ1v) is 10.1. The highest BCUT2D eigenvalue weighted by Crippen LogP contribution is 2.30. The first-order chi connectivity index (χ1) is 15.1. The summed E-state index contributed by atoms with van der Waals surface area (Å²) in [5.74, 6) is 0.609. The molecule has 0 unspecified atom stereocenters. The van der Waals surface area contributed by atoms with E-state index < -0.39 is 5.91 Å². The molecule has 3 aromatic rings. The molecule has 0 bridgehead atoms. The van der Waals surface area contributed by atoms with Crippen molar-refractivity contribution in [2.75, 3.05) is 11.9 Å². The number of rotatable bonds is 8. The van der Waals surface area contributed by atoms with E-state index in [2.05, 4.69) is 5.32 Å². The average molecular weight is 433 g/mol. The number of carbonyl (C=O) groups is 1. The van der Waals surface area contributed by atoms with Crippen molar-refractivity contribution in [1.29, 1.82) is 5.26 Å². The Morgan fingerprint density at radius 1 is 1.03 bits per heavy atom. The maximum Gasteiger partial charge on any atom is 0.266 e. The predicted octanol–water partition coefficient (Wildman–Crippen LogP) is 5.86. The average Bonchev–Trinajstić information content (AvgIpc) is 2.78. The van der Waals surface area contributed by atoms with E-state index in [1.54, 1.807) is 36.4 Å². The first kappa shape index (κ1) is 21.9. The molecule has 3 rings (SSSR count). The molecule has 6 heteroatoms. The maximum absolute atomic E-state index is 12.4. The van der Waals surface area contributed by atoms with Gasteiger partial charge in [-0.1, -0.05) is 48.0 Å². The molecule has 0 aliphatic carbocycles. The summed E-state index contributed by atoms with van der Waals surface area (Å²) in [7, 11) is 0. The highest BCUT2D eigenvalue weighted by atomic mass is 35.5. The van der Waals surface area contributed by atoms with Gasteiger partial charge in [-0.25, -0.2) is 0 Å². The second-order valence-corrected chi connectivity index (χ2v) is 6.98. The van der Waals surface area contributed by atoms with Crippen molar-refractivity contribution in [2.24, 2.45) is 0 Å². The predicted molar refractivity (Wildman–Crippen MR) is 122 cm³/mol. The monoisotopic (exact) mass is 432 g/mol.